The molecule has 1 aliphatic carbocycles. The molecule has 1 saturated carbocycles. The lowest BCUT2D eigenvalue weighted by Crippen LogP contribution is -2.48. The molecule has 1 unspecified atom stereocenters. The second-order valence-corrected chi connectivity index (χ2v) is 8.93. The number of benzene rings is 1. The van der Waals surface area contributed by atoms with Crippen molar-refractivity contribution in [2.24, 2.45) is 17.8 Å². The monoisotopic (exact) mass is 441 g/mol. The number of carbonyl (C=O) groups excluding carboxylic acids is 1. The number of nitrogens with zero attached hydrogens (tertiary/aromatic N) is 2. The Kier molecular flexibility index (Phi) is 6.83. The number of nitrogens with one attached hydrogen (secondary N) is 1. The molecule has 0 aromatic heterocycles. The van der Waals surface area contributed by atoms with Crippen LogP contribution in [0.2, 0.25) is 0 Å². The van der Waals surface area contributed by atoms with E-state index in [0.29, 0.717) is 18.0 Å². The lowest BCUT2D eigenvalue weighted by Gasteiger charge is -2.29. The molecule has 2 aliphatic rings. The van der Waals surface area contributed by atoms with E-state index in [0.717, 1.165) is 36.9 Å². The number of fused-ring (bicyclic) bond motifs is 1. The highest BCUT2D eigenvalue weighted by Crippen LogP contribution is 2.39. The zero-order chi connectivity index (χ0) is 22.9. The van der Waals surface area contributed by atoms with Gasteiger partial charge in [0, 0.05) is 38.8 Å². The van der Waals surface area contributed by atoms with E-state index < -0.39 is 29.8 Å². The molecule has 2 fully saturated rings. The summed E-state index contributed by atoms with van der Waals surface area (Å²) >= 11 is 0. The van der Waals surface area contributed by atoms with E-state index in [-0.39, 0.29) is 17.9 Å². The molecular weight excluding hydrogens is 411 g/mol. The minimum absolute atomic E-state index is 0.00814. The van der Waals surface area contributed by atoms with Gasteiger partial charge in [-0.3, -0.25) is 9.69 Å². The van der Waals surface area contributed by atoms with Gasteiger partial charge >= 0.3 is 12.3 Å². The summed E-state index contributed by atoms with van der Waals surface area (Å²) in [5.74, 6) is 0.0188. The number of amides is 2. The van der Waals surface area contributed by atoms with Crippen molar-refractivity contribution in [3.8, 4) is 0 Å². The molecule has 9 heteroatoms. The van der Waals surface area contributed by atoms with E-state index >= 15 is 0 Å². The molecule has 0 bridgehead atoms. The first-order valence-electron chi connectivity index (χ1n) is 10.6. The minimum atomic E-state index is -4.35. The van der Waals surface area contributed by atoms with Gasteiger partial charge in [-0.05, 0) is 43.2 Å². The third-order valence-electron chi connectivity index (χ3n) is 6.97. The van der Waals surface area contributed by atoms with Crippen molar-refractivity contribution in [1.29, 1.82) is 0 Å². The first-order chi connectivity index (χ1) is 14.5. The van der Waals surface area contributed by atoms with Gasteiger partial charge in [-0.15, -0.1) is 0 Å². The third-order valence-corrected chi connectivity index (χ3v) is 6.97. The number of carbonyl (C=O) groups is 2. The summed E-state index contributed by atoms with van der Waals surface area (Å²) in [4.78, 5) is 27.2. The Balaban J connectivity index is 1.57. The second kappa shape index (κ2) is 9.06. The van der Waals surface area contributed by atoms with Crippen molar-refractivity contribution < 1.29 is 27.9 Å². The summed E-state index contributed by atoms with van der Waals surface area (Å²) in [6, 6.07) is 5.00. The predicted octanol–water partition coefficient (Wildman–Crippen LogP) is 3.67. The number of hydrogen-bond donors (Lipinski definition) is 2. The standard InChI is InChI=1S/C22H30F3N3O3/c1-13(14(2)27(3)21(30)31)20(29)26-19-8-7-16-11-28(12-18(16)19)10-15-5-4-6-17(9-15)22(23,24)25/h4-6,9,13-14,16,18-19H,7-8,10-12H2,1-3H3,(H,26,29)(H,30,31)/t13-,14?,16-,18+,19+/m0/s1. The molecule has 31 heavy (non-hydrogen) atoms. The molecule has 5 atom stereocenters. The van der Waals surface area contributed by atoms with Crippen LogP contribution in [0.15, 0.2) is 24.3 Å². The van der Waals surface area contributed by atoms with Crippen molar-refractivity contribution >= 4 is 12.0 Å². The molecule has 1 heterocycles. The van der Waals surface area contributed by atoms with Gasteiger partial charge in [0.1, 0.15) is 0 Å². The highest BCUT2D eigenvalue weighted by molar-refractivity contribution is 5.80. The van der Waals surface area contributed by atoms with E-state index in [1.165, 1.54) is 19.2 Å². The normalized spacial score (nSPS) is 25.7. The molecule has 1 saturated heterocycles. The Bertz CT molecular complexity index is 817. The fourth-order valence-corrected chi connectivity index (χ4v) is 4.81. The second-order valence-electron chi connectivity index (χ2n) is 8.93. The van der Waals surface area contributed by atoms with Crippen LogP contribution in [0.4, 0.5) is 18.0 Å². The van der Waals surface area contributed by atoms with Gasteiger partial charge in [-0.2, -0.15) is 13.2 Å². The van der Waals surface area contributed by atoms with Gasteiger partial charge in [0.2, 0.25) is 5.91 Å². The number of halogens is 3. The number of carboxylic acid groups (broad SMARTS) is 1. The van der Waals surface area contributed by atoms with Crippen molar-refractivity contribution in [3.63, 3.8) is 0 Å². The topological polar surface area (TPSA) is 72.9 Å². The number of hydrogen-bond acceptors (Lipinski definition) is 3. The molecule has 172 valence electrons. The maximum absolute atomic E-state index is 13.0. The smallest absolute Gasteiger partial charge is 0.416 e. The highest BCUT2D eigenvalue weighted by Gasteiger charge is 2.43. The molecular formula is C22H30F3N3O3. The molecule has 0 radical (unpaired) electrons. The summed E-state index contributed by atoms with van der Waals surface area (Å²) in [5, 5.41) is 12.2. The van der Waals surface area contributed by atoms with Crippen molar-refractivity contribution in [1.82, 2.24) is 15.1 Å². The number of likely N-dealkylation sites (tertiary alicyclic amines) is 1. The molecule has 2 N–H and O–H groups in total. The average molecular weight is 441 g/mol. The predicted molar refractivity (Wildman–Crippen MR) is 109 cm³/mol. The van der Waals surface area contributed by atoms with E-state index in [1.54, 1.807) is 19.9 Å². The van der Waals surface area contributed by atoms with Crippen LogP contribution < -0.4 is 5.32 Å². The Morgan fingerprint density at radius 2 is 1.97 bits per heavy atom. The van der Waals surface area contributed by atoms with E-state index in [4.69, 9.17) is 5.11 Å². The maximum Gasteiger partial charge on any atom is 0.416 e. The van der Waals surface area contributed by atoms with E-state index in [2.05, 4.69) is 10.2 Å². The third kappa shape index (κ3) is 5.31. The van der Waals surface area contributed by atoms with Crippen LogP contribution in [0.5, 0.6) is 0 Å². The lowest BCUT2D eigenvalue weighted by atomic mass is 9.96. The van der Waals surface area contributed by atoms with Crippen molar-refractivity contribution in [2.45, 2.75) is 51.5 Å². The van der Waals surface area contributed by atoms with Gasteiger partial charge in [-0.1, -0.05) is 25.1 Å². The number of alkyl halides is 3. The van der Waals surface area contributed by atoms with Gasteiger partial charge in [0.15, 0.2) is 0 Å². The van der Waals surface area contributed by atoms with E-state index in [9.17, 15) is 22.8 Å². The zero-order valence-corrected chi connectivity index (χ0v) is 18.0. The van der Waals surface area contributed by atoms with Gasteiger partial charge < -0.3 is 15.3 Å². The molecule has 1 aromatic rings. The van der Waals surface area contributed by atoms with Crippen LogP contribution >= 0.6 is 0 Å². The van der Waals surface area contributed by atoms with Gasteiger partial charge in [-0.25, -0.2) is 4.79 Å². The highest BCUT2D eigenvalue weighted by atomic mass is 19.4. The first kappa shape index (κ1) is 23.4. The maximum atomic E-state index is 13.0. The molecule has 1 aromatic carbocycles. The summed E-state index contributed by atoms with van der Waals surface area (Å²) in [6.07, 6.45) is -3.59. The zero-order valence-electron chi connectivity index (χ0n) is 18.0. The lowest BCUT2D eigenvalue weighted by molar-refractivity contribution is -0.137. The first-order valence-corrected chi connectivity index (χ1v) is 10.6. The largest absolute Gasteiger partial charge is 0.465 e. The van der Waals surface area contributed by atoms with Crippen LogP contribution in [-0.2, 0) is 17.5 Å². The number of rotatable bonds is 6. The van der Waals surface area contributed by atoms with Gasteiger partial charge in [0.25, 0.3) is 0 Å². The Morgan fingerprint density at radius 1 is 1.26 bits per heavy atom. The molecule has 2 amide bonds. The fraction of sp³-hybridized carbons (Fsp3) is 0.636. The summed E-state index contributed by atoms with van der Waals surface area (Å²) in [5.41, 5.74) is -0.00138. The minimum Gasteiger partial charge on any atom is -0.465 e. The van der Waals surface area contributed by atoms with Crippen molar-refractivity contribution in [3.05, 3.63) is 35.4 Å². The Morgan fingerprint density at radius 3 is 2.61 bits per heavy atom. The molecule has 6 nitrogen and oxygen atoms in total. The quantitative estimate of drug-likeness (QED) is 0.707. The Labute approximate surface area is 180 Å². The molecule has 0 spiro atoms. The van der Waals surface area contributed by atoms with Gasteiger partial charge in [0.05, 0.1) is 11.5 Å². The van der Waals surface area contributed by atoms with Crippen LogP contribution in [0.1, 0.15) is 37.8 Å². The Hall–Kier alpha value is -2.29. The molecule has 3 rings (SSSR count). The summed E-state index contributed by atoms with van der Waals surface area (Å²) in [7, 11) is 1.45. The average Bonchev–Trinajstić information content (AvgIpc) is 3.26. The van der Waals surface area contributed by atoms with Crippen molar-refractivity contribution in [2.75, 3.05) is 20.1 Å². The summed E-state index contributed by atoms with van der Waals surface area (Å²) < 4.78 is 38.9. The van der Waals surface area contributed by atoms with E-state index in [1.807, 2.05) is 0 Å². The fourth-order valence-electron chi connectivity index (χ4n) is 4.81. The summed E-state index contributed by atoms with van der Waals surface area (Å²) in [6.45, 7) is 5.42. The molecule has 1 aliphatic heterocycles. The van der Waals surface area contributed by atoms with Crippen LogP contribution in [-0.4, -0.2) is 59.1 Å². The van der Waals surface area contributed by atoms with Crippen LogP contribution in [0.3, 0.4) is 0 Å². The van der Waals surface area contributed by atoms with Crippen LogP contribution in [0, 0.1) is 17.8 Å². The SMILES string of the molecule is CC([C@H](C)C(=O)N[C@@H]1CC[C@H]2CN(Cc3cccc(C(F)(F)F)c3)C[C@H]21)N(C)C(=O)O. The van der Waals surface area contributed by atoms with Crippen LogP contribution in [0.25, 0.3) is 0 Å².